The lowest BCUT2D eigenvalue weighted by Gasteiger charge is -2.51. The topological polar surface area (TPSA) is 120 Å². The normalized spacial score (nSPS) is 17.9. The number of fused-ring (bicyclic) bond motifs is 2. The molecular weight excluding hydrogens is 810 g/mol. The molecule has 15 heteroatoms. The fraction of sp³-hybridized carbons (Fsp3) is 0.522. The number of pyridine rings is 1. The maximum absolute atomic E-state index is 15.5. The predicted octanol–water partition coefficient (Wildman–Crippen LogP) is 8.93. The van der Waals surface area contributed by atoms with E-state index in [0.717, 1.165) is 52.8 Å². The predicted molar refractivity (Wildman–Crippen MR) is 227 cm³/mol. The van der Waals surface area contributed by atoms with Crippen LogP contribution >= 0.6 is 11.6 Å². The van der Waals surface area contributed by atoms with Crippen LogP contribution in [-0.4, -0.2) is 107 Å². The molecule has 330 valence electrons. The number of carbonyl (C=O) groups excluding carboxylic acids is 3. The number of halogens is 3. The van der Waals surface area contributed by atoms with Crippen molar-refractivity contribution in [3.05, 3.63) is 93.1 Å². The maximum atomic E-state index is 15.5. The molecule has 12 nitrogen and oxygen atoms in total. The van der Waals surface area contributed by atoms with E-state index in [1.165, 1.54) is 0 Å². The lowest BCUT2D eigenvalue weighted by molar-refractivity contribution is -0.129. The van der Waals surface area contributed by atoms with E-state index >= 15 is 4.79 Å². The number of methoxy groups -OCH3 is 1. The fourth-order valence-electron chi connectivity index (χ4n) is 7.67. The van der Waals surface area contributed by atoms with Crippen LogP contribution in [0.1, 0.15) is 89.5 Å². The van der Waals surface area contributed by atoms with Crippen LogP contribution in [0, 0.1) is 18.6 Å². The first-order chi connectivity index (χ1) is 28.8. The van der Waals surface area contributed by atoms with Gasteiger partial charge in [0.25, 0.3) is 5.91 Å². The van der Waals surface area contributed by atoms with Crippen molar-refractivity contribution >= 4 is 35.3 Å². The molecule has 1 saturated carbocycles. The molecule has 6 rings (SSSR count). The summed E-state index contributed by atoms with van der Waals surface area (Å²) in [6.07, 6.45) is 3.56. The number of nitrogens with zero attached hydrogens (tertiary/aromatic N) is 4. The molecule has 1 aromatic heterocycles. The van der Waals surface area contributed by atoms with Gasteiger partial charge in [-0.3, -0.25) is 9.69 Å². The summed E-state index contributed by atoms with van der Waals surface area (Å²) in [5.74, 6) is -1.58. The van der Waals surface area contributed by atoms with E-state index in [4.69, 9.17) is 35.3 Å². The van der Waals surface area contributed by atoms with Gasteiger partial charge in [-0.25, -0.2) is 23.4 Å². The smallest absolute Gasteiger partial charge is 0.411 e. The largest absolute Gasteiger partial charge is 0.489 e. The Morgan fingerprint density at radius 3 is 2.20 bits per heavy atom. The van der Waals surface area contributed by atoms with E-state index in [1.54, 1.807) is 64.6 Å². The highest BCUT2D eigenvalue weighted by Crippen LogP contribution is 2.42. The minimum atomic E-state index is -0.850. The Morgan fingerprint density at radius 1 is 0.869 bits per heavy atom. The second-order valence-electron chi connectivity index (χ2n) is 17.8. The number of aromatic nitrogens is 1. The van der Waals surface area contributed by atoms with Crippen molar-refractivity contribution in [2.75, 3.05) is 40.0 Å². The number of ether oxygens (including phenoxy) is 5. The van der Waals surface area contributed by atoms with Crippen molar-refractivity contribution in [3.63, 3.8) is 0 Å². The molecular formula is C46H57ClF2N4O8. The van der Waals surface area contributed by atoms with Gasteiger partial charge in [-0.1, -0.05) is 35.9 Å². The Hall–Kier alpha value is -4.95. The van der Waals surface area contributed by atoms with E-state index in [2.05, 4.69) is 4.98 Å². The summed E-state index contributed by atoms with van der Waals surface area (Å²) in [6, 6.07) is 10.3. The molecule has 3 aromatic rings. The molecule has 2 atom stereocenters. The van der Waals surface area contributed by atoms with Crippen LogP contribution in [-0.2, 0) is 32.0 Å². The molecule has 2 bridgehead atoms. The van der Waals surface area contributed by atoms with Crippen LogP contribution < -0.4 is 9.47 Å². The van der Waals surface area contributed by atoms with Crippen molar-refractivity contribution in [2.45, 2.75) is 116 Å². The highest BCUT2D eigenvalue weighted by atomic mass is 35.5. The van der Waals surface area contributed by atoms with Crippen LogP contribution in [0.4, 0.5) is 18.4 Å². The zero-order valence-corrected chi connectivity index (χ0v) is 37.1. The van der Waals surface area contributed by atoms with E-state index < -0.39 is 52.1 Å². The Morgan fingerprint density at radius 2 is 1.54 bits per heavy atom. The molecule has 1 saturated heterocycles. The Balaban J connectivity index is 1.36. The molecule has 3 aliphatic rings. The summed E-state index contributed by atoms with van der Waals surface area (Å²) < 4.78 is 56.5. The van der Waals surface area contributed by atoms with Crippen LogP contribution in [0.5, 0.6) is 11.6 Å². The van der Waals surface area contributed by atoms with Crippen LogP contribution in [0.3, 0.4) is 0 Å². The van der Waals surface area contributed by atoms with Gasteiger partial charge in [0.05, 0.1) is 25.3 Å². The van der Waals surface area contributed by atoms with Crippen molar-refractivity contribution in [2.24, 2.45) is 0 Å². The molecule has 2 aliphatic heterocycles. The van der Waals surface area contributed by atoms with Crippen LogP contribution in [0.15, 0.2) is 54.2 Å². The van der Waals surface area contributed by atoms with Gasteiger partial charge < -0.3 is 33.5 Å². The van der Waals surface area contributed by atoms with Gasteiger partial charge in [0.1, 0.15) is 28.6 Å². The third-order valence-electron chi connectivity index (χ3n) is 10.7. The number of rotatable bonds is 14. The molecule has 0 N–H and O–H groups in total. The van der Waals surface area contributed by atoms with Crippen molar-refractivity contribution < 1.29 is 46.8 Å². The fourth-order valence-corrected chi connectivity index (χ4v) is 7.88. The molecule has 61 heavy (non-hydrogen) atoms. The number of hydrogen-bond donors (Lipinski definition) is 0. The minimum Gasteiger partial charge on any atom is -0.489 e. The molecule has 2 aromatic carbocycles. The summed E-state index contributed by atoms with van der Waals surface area (Å²) in [6.45, 7) is 14.0. The van der Waals surface area contributed by atoms with Crippen molar-refractivity contribution in [1.29, 1.82) is 0 Å². The zero-order chi connectivity index (χ0) is 44.2. The van der Waals surface area contributed by atoms with E-state index in [9.17, 15) is 18.4 Å². The van der Waals surface area contributed by atoms with Gasteiger partial charge >= 0.3 is 12.2 Å². The van der Waals surface area contributed by atoms with E-state index in [-0.39, 0.29) is 50.4 Å². The van der Waals surface area contributed by atoms with Gasteiger partial charge in [0.2, 0.25) is 5.88 Å². The average Bonchev–Trinajstić information content (AvgIpc) is 4.03. The Bertz CT molecular complexity index is 2120. The third kappa shape index (κ3) is 11.3. The van der Waals surface area contributed by atoms with Crippen LogP contribution in [0.25, 0.3) is 5.57 Å². The summed E-state index contributed by atoms with van der Waals surface area (Å²) in [4.78, 5) is 52.9. The standard InChI is InChI=1S/C46H57ClF2N4O8/c1-28-31(19-20-50-41(28)59-23-22-57-8)25-52(32-15-16-32)42(54)38-34(30-13-11-29(12-14-30)10-9-21-58-40-36(49)18-17-35(48)39(40)47)24-33-26-51(43(55)60-45(2,3)4)27-37(38)53(33)44(56)61-46(5,6)7/h11-14,17-20,32-33,37H,9-10,15-16,21-27H2,1-8H3/t33-,37-/m1/s1. The maximum Gasteiger partial charge on any atom is 0.411 e. The number of carbonyl (C=O) groups is 3. The number of amides is 3. The first-order valence-corrected chi connectivity index (χ1v) is 21.2. The lowest BCUT2D eigenvalue weighted by Crippen LogP contribution is -2.66. The van der Waals surface area contributed by atoms with Crippen molar-refractivity contribution in [3.8, 4) is 11.6 Å². The number of piperazine rings is 1. The lowest BCUT2D eigenvalue weighted by atomic mass is 9.81. The third-order valence-corrected chi connectivity index (χ3v) is 11.0. The van der Waals surface area contributed by atoms with E-state index in [1.807, 2.05) is 42.2 Å². The highest BCUT2D eigenvalue weighted by Gasteiger charge is 2.51. The number of hydrogen-bond acceptors (Lipinski definition) is 9. The van der Waals surface area contributed by atoms with Gasteiger partial charge in [-0.05, 0) is 121 Å². The van der Waals surface area contributed by atoms with Gasteiger partial charge in [0.15, 0.2) is 11.6 Å². The minimum absolute atomic E-state index is 0.0213. The van der Waals surface area contributed by atoms with E-state index in [0.29, 0.717) is 37.5 Å². The molecule has 3 amide bonds. The molecule has 0 unspecified atom stereocenters. The van der Waals surface area contributed by atoms with Crippen molar-refractivity contribution in [1.82, 2.24) is 19.7 Å². The Labute approximate surface area is 362 Å². The molecule has 0 radical (unpaired) electrons. The zero-order valence-electron chi connectivity index (χ0n) is 36.3. The van der Waals surface area contributed by atoms with Crippen LogP contribution in [0.2, 0.25) is 5.02 Å². The monoisotopic (exact) mass is 866 g/mol. The quantitative estimate of drug-likeness (QED) is 0.116. The molecule has 2 fully saturated rings. The number of aryl methyl sites for hydroxylation is 1. The summed E-state index contributed by atoms with van der Waals surface area (Å²) in [7, 11) is 1.60. The summed E-state index contributed by atoms with van der Waals surface area (Å²) in [5.41, 5.74) is 3.08. The molecule has 1 aliphatic carbocycles. The SMILES string of the molecule is COCCOc1nccc(CN(C(=O)C2=C(c3ccc(CCCOc4c(F)ccc(F)c4Cl)cc3)C[C@@H]3CN(C(=O)OC(C)(C)C)C[C@H]2N3C(=O)OC(C)(C)C)C2CC2)c1C. The van der Waals surface area contributed by atoms with Gasteiger partial charge in [-0.2, -0.15) is 0 Å². The number of benzene rings is 2. The first kappa shape index (κ1) is 45.6. The molecule has 3 heterocycles. The Kier molecular flexibility index (Phi) is 14.2. The van der Waals surface area contributed by atoms with Gasteiger partial charge in [0, 0.05) is 50.1 Å². The van der Waals surface area contributed by atoms with Gasteiger partial charge in [-0.15, -0.1) is 0 Å². The summed E-state index contributed by atoms with van der Waals surface area (Å²) in [5, 5.41) is -0.396. The second kappa shape index (κ2) is 19.0. The molecule has 0 spiro atoms. The average molecular weight is 867 g/mol. The summed E-state index contributed by atoms with van der Waals surface area (Å²) >= 11 is 5.94. The second-order valence-corrected chi connectivity index (χ2v) is 18.1. The highest BCUT2D eigenvalue weighted by molar-refractivity contribution is 6.32. The first-order valence-electron chi connectivity index (χ1n) is 20.8.